The molecule has 1 aromatic rings. The Bertz CT molecular complexity index is 601. The molecule has 1 saturated heterocycles. The molecular formula is C18H25N3O3. The van der Waals surface area contributed by atoms with Gasteiger partial charge in [-0.25, -0.2) is 4.98 Å². The second kappa shape index (κ2) is 7.64. The van der Waals surface area contributed by atoms with Crippen molar-refractivity contribution in [1.82, 2.24) is 15.2 Å². The van der Waals surface area contributed by atoms with E-state index in [1.54, 1.807) is 6.20 Å². The highest BCUT2D eigenvalue weighted by atomic mass is 16.5. The Kier molecular flexibility index (Phi) is 5.33. The molecule has 1 aliphatic heterocycles. The molecule has 2 aliphatic rings. The van der Waals surface area contributed by atoms with Crippen LogP contribution in [-0.4, -0.2) is 41.4 Å². The molecule has 2 heterocycles. The second-order valence-corrected chi connectivity index (χ2v) is 6.52. The summed E-state index contributed by atoms with van der Waals surface area (Å²) in [5.74, 6) is 0.909. The first-order valence-corrected chi connectivity index (χ1v) is 8.82. The van der Waals surface area contributed by atoms with Gasteiger partial charge in [-0.05, 0) is 38.7 Å². The highest BCUT2D eigenvalue weighted by Crippen LogP contribution is 2.32. The van der Waals surface area contributed by atoms with Gasteiger partial charge in [0.05, 0.1) is 12.5 Å². The van der Waals surface area contributed by atoms with Crippen molar-refractivity contribution in [3.05, 3.63) is 23.9 Å². The summed E-state index contributed by atoms with van der Waals surface area (Å²) in [7, 11) is 0. The Morgan fingerprint density at radius 1 is 1.33 bits per heavy atom. The molecule has 6 nitrogen and oxygen atoms in total. The van der Waals surface area contributed by atoms with Crippen molar-refractivity contribution in [2.75, 3.05) is 19.7 Å². The number of likely N-dealkylation sites (tertiary alicyclic amines) is 1. The molecule has 1 N–H and O–H groups in total. The minimum Gasteiger partial charge on any atom is -0.478 e. The van der Waals surface area contributed by atoms with Gasteiger partial charge in [-0.2, -0.15) is 0 Å². The highest BCUT2D eigenvalue weighted by molar-refractivity contribution is 5.83. The summed E-state index contributed by atoms with van der Waals surface area (Å²) >= 11 is 0. The third kappa shape index (κ3) is 4.04. The standard InChI is InChI=1S/C18H25N3O3/c1-2-24-17-14(5-3-9-19-17)11-20-16(22)15-6-4-10-21(12-15)18(23)13-7-8-13/h3,5,9,13,15H,2,4,6-8,10-12H2,1H3,(H,20,22)/t15-/m1/s1. The molecule has 1 aliphatic carbocycles. The Balaban J connectivity index is 1.54. The molecule has 0 unspecified atom stereocenters. The van der Waals surface area contributed by atoms with E-state index in [-0.39, 0.29) is 23.7 Å². The van der Waals surface area contributed by atoms with E-state index >= 15 is 0 Å². The fraction of sp³-hybridized carbons (Fsp3) is 0.611. The molecule has 1 atom stereocenters. The predicted molar refractivity (Wildman–Crippen MR) is 89.3 cm³/mol. The van der Waals surface area contributed by atoms with Crippen molar-refractivity contribution in [1.29, 1.82) is 0 Å². The number of piperidine rings is 1. The third-order valence-electron chi connectivity index (χ3n) is 4.61. The van der Waals surface area contributed by atoms with Crippen LogP contribution in [0.2, 0.25) is 0 Å². The quantitative estimate of drug-likeness (QED) is 0.862. The number of nitrogens with zero attached hydrogens (tertiary/aromatic N) is 2. The fourth-order valence-corrected chi connectivity index (χ4v) is 3.13. The van der Waals surface area contributed by atoms with Crippen LogP contribution in [0.4, 0.5) is 0 Å². The van der Waals surface area contributed by atoms with Crippen LogP contribution in [0.1, 0.15) is 38.2 Å². The van der Waals surface area contributed by atoms with Crippen molar-refractivity contribution < 1.29 is 14.3 Å². The lowest BCUT2D eigenvalue weighted by atomic mass is 9.96. The van der Waals surface area contributed by atoms with E-state index in [1.807, 2.05) is 24.0 Å². The van der Waals surface area contributed by atoms with Crippen molar-refractivity contribution in [3.63, 3.8) is 0 Å². The van der Waals surface area contributed by atoms with Gasteiger partial charge < -0.3 is 15.0 Å². The van der Waals surface area contributed by atoms with Crippen molar-refractivity contribution in [2.24, 2.45) is 11.8 Å². The number of aromatic nitrogens is 1. The molecule has 0 spiro atoms. The summed E-state index contributed by atoms with van der Waals surface area (Å²) in [4.78, 5) is 30.7. The van der Waals surface area contributed by atoms with Gasteiger partial charge >= 0.3 is 0 Å². The van der Waals surface area contributed by atoms with Gasteiger partial charge in [0.2, 0.25) is 17.7 Å². The minimum absolute atomic E-state index is 0.00889. The van der Waals surface area contributed by atoms with Gasteiger partial charge in [0, 0.05) is 37.3 Å². The summed E-state index contributed by atoms with van der Waals surface area (Å²) in [5.41, 5.74) is 0.870. The van der Waals surface area contributed by atoms with Gasteiger partial charge in [-0.3, -0.25) is 9.59 Å². The monoisotopic (exact) mass is 331 g/mol. The van der Waals surface area contributed by atoms with Crippen LogP contribution < -0.4 is 10.1 Å². The number of carbonyl (C=O) groups is 2. The predicted octanol–water partition coefficient (Wildman–Crippen LogP) is 1.75. The SMILES string of the molecule is CCOc1ncccc1CNC(=O)[C@@H]1CCCN(C(=O)C2CC2)C1. The number of pyridine rings is 1. The number of hydrogen-bond acceptors (Lipinski definition) is 4. The van der Waals surface area contributed by atoms with Crippen LogP contribution in [0, 0.1) is 11.8 Å². The van der Waals surface area contributed by atoms with Gasteiger partial charge in [-0.15, -0.1) is 0 Å². The Hall–Kier alpha value is -2.11. The molecule has 24 heavy (non-hydrogen) atoms. The summed E-state index contributed by atoms with van der Waals surface area (Å²) < 4.78 is 5.48. The topological polar surface area (TPSA) is 71.5 Å². The van der Waals surface area contributed by atoms with E-state index in [0.29, 0.717) is 25.6 Å². The Morgan fingerprint density at radius 3 is 2.92 bits per heavy atom. The molecule has 6 heteroatoms. The third-order valence-corrected chi connectivity index (χ3v) is 4.61. The molecule has 0 bridgehead atoms. The number of nitrogens with one attached hydrogen (secondary N) is 1. The number of ether oxygens (including phenoxy) is 1. The fourth-order valence-electron chi connectivity index (χ4n) is 3.13. The first kappa shape index (κ1) is 16.7. The van der Waals surface area contributed by atoms with Gasteiger partial charge in [0.25, 0.3) is 0 Å². The van der Waals surface area contributed by atoms with Crippen LogP contribution in [-0.2, 0) is 16.1 Å². The first-order valence-electron chi connectivity index (χ1n) is 8.82. The van der Waals surface area contributed by atoms with E-state index in [0.717, 1.165) is 37.8 Å². The molecule has 1 saturated carbocycles. The maximum Gasteiger partial charge on any atom is 0.225 e. The van der Waals surface area contributed by atoms with Crippen LogP contribution in [0.5, 0.6) is 5.88 Å². The van der Waals surface area contributed by atoms with Gasteiger partial charge in [0.15, 0.2) is 0 Å². The zero-order valence-corrected chi connectivity index (χ0v) is 14.2. The minimum atomic E-state index is -0.117. The average molecular weight is 331 g/mol. The van der Waals surface area contributed by atoms with Crippen LogP contribution in [0.25, 0.3) is 0 Å². The largest absolute Gasteiger partial charge is 0.478 e. The molecule has 3 rings (SSSR count). The summed E-state index contributed by atoms with van der Waals surface area (Å²) in [6.07, 6.45) is 5.43. The smallest absolute Gasteiger partial charge is 0.225 e. The molecular weight excluding hydrogens is 306 g/mol. The lowest BCUT2D eigenvalue weighted by Gasteiger charge is -2.32. The highest BCUT2D eigenvalue weighted by Gasteiger charge is 2.36. The molecule has 0 radical (unpaired) electrons. The number of rotatable bonds is 6. The second-order valence-electron chi connectivity index (χ2n) is 6.52. The first-order chi connectivity index (χ1) is 11.7. The average Bonchev–Trinajstić information content (AvgIpc) is 3.45. The summed E-state index contributed by atoms with van der Waals surface area (Å²) in [6.45, 7) is 4.18. The van der Waals surface area contributed by atoms with Gasteiger partial charge in [0.1, 0.15) is 0 Å². The van der Waals surface area contributed by atoms with Crippen LogP contribution in [0.3, 0.4) is 0 Å². The lowest BCUT2D eigenvalue weighted by Crippen LogP contribution is -2.45. The zero-order chi connectivity index (χ0) is 16.9. The van der Waals surface area contributed by atoms with Crippen molar-refractivity contribution in [2.45, 2.75) is 39.2 Å². The van der Waals surface area contributed by atoms with E-state index in [1.165, 1.54) is 0 Å². The number of amides is 2. The Morgan fingerprint density at radius 2 is 2.17 bits per heavy atom. The Labute approximate surface area is 142 Å². The van der Waals surface area contributed by atoms with Gasteiger partial charge in [-0.1, -0.05) is 6.07 Å². The van der Waals surface area contributed by atoms with E-state index < -0.39 is 0 Å². The van der Waals surface area contributed by atoms with E-state index in [2.05, 4.69) is 10.3 Å². The number of hydrogen-bond donors (Lipinski definition) is 1. The maximum atomic E-state index is 12.5. The number of carbonyl (C=O) groups excluding carboxylic acids is 2. The summed E-state index contributed by atoms with van der Waals surface area (Å²) in [5, 5.41) is 2.97. The van der Waals surface area contributed by atoms with E-state index in [4.69, 9.17) is 4.74 Å². The maximum absolute atomic E-state index is 12.5. The van der Waals surface area contributed by atoms with Crippen LogP contribution >= 0.6 is 0 Å². The van der Waals surface area contributed by atoms with E-state index in [9.17, 15) is 9.59 Å². The summed E-state index contributed by atoms with van der Waals surface area (Å²) in [6, 6.07) is 3.74. The molecule has 2 fully saturated rings. The van der Waals surface area contributed by atoms with Crippen molar-refractivity contribution in [3.8, 4) is 5.88 Å². The molecule has 2 amide bonds. The lowest BCUT2D eigenvalue weighted by molar-refractivity contribution is -0.136. The molecule has 130 valence electrons. The molecule has 1 aromatic heterocycles. The van der Waals surface area contributed by atoms with Crippen LogP contribution in [0.15, 0.2) is 18.3 Å². The molecule has 0 aromatic carbocycles. The zero-order valence-electron chi connectivity index (χ0n) is 14.2. The normalized spacial score (nSPS) is 20.5. The van der Waals surface area contributed by atoms with Crippen molar-refractivity contribution >= 4 is 11.8 Å².